The monoisotopic (exact) mass is 444 g/mol. The van der Waals surface area contributed by atoms with Gasteiger partial charge in [-0.15, -0.1) is 0 Å². The zero-order valence-corrected chi connectivity index (χ0v) is 17.9. The normalized spacial score (nSPS) is 37.1. The summed E-state index contributed by atoms with van der Waals surface area (Å²) in [6.45, 7) is 1.44. The Morgan fingerprint density at radius 3 is 2.25 bits per heavy atom. The summed E-state index contributed by atoms with van der Waals surface area (Å²) >= 11 is 4.02. The summed E-state index contributed by atoms with van der Waals surface area (Å²) in [4.78, 5) is 28.2. The molecule has 28 heavy (non-hydrogen) atoms. The number of carbonyl (C=O) groups excluding carboxylic acids is 2. The molecule has 4 saturated carbocycles. The highest BCUT2D eigenvalue weighted by atomic mass is 79.9. The molecule has 2 atom stereocenters. The van der Waals surface area contributed by atoms with Gasteiger partial charge in [-0.3, -0.25) is 9.59 Å². The van der Waals surface area contributed by atoms with Crippen LogP contribution in [-0.4, -0.2) is 34.1 Å². The number of rotatable bonds is 3. The van der Waals surface area contributed by atoms with Crippen molar-refractivity contribution in [3.63, 3.8) is 0 Å². The van der Waals surface area contributed by atoms with E-state index in [1.54, 1.807) is 0 Å². The minimum Gasteiger partial charge on any atom is -0.342 e. The Balaban J connectivity index is 1.21. The quantitative estimate of drug-likeness (QED) is 0.692. The fraction of sp³-hybridized carbons (Fsp3) is 0.652. The fourth-order valence-electron chi connectivity index (χ4n) is 6.85. The Hall–Kier alpha value is -1.36. The summed E-state index contributed by atoms with van der Waals surface area (Å²) in [7, 11) is 0. The van der Waals surface area contributed by atoms with Gasteiger partial charge in [-0.25, -0.2) is 0 Å². The van der Waals surface area contributed by atoms with Crippen LogP contribution in [0.4, 0.5) is 5.69 Å². The molecule has 1 N–H and O–H groups in total. The van der Waals surface area contributed by atoms with Crippen molar-refractivity contribution in [3.8, 4) is 0 Å². The van der Waals surface area contributed by atoms with Crippen molar-refractivity contribution in [2.45, 2.75) is 55.7 Å². The van der Waals surface area contributed by atoms with E-state index in [-0.39, 0.29) is 21.6 Å². The number of piperidine rings is 1. The minimum atomic E-state index is -0.132. The summed E-state index contributed by atoms with van der Waals surface area (Å²) < 4.78 is 0.209. The van der Waals surface area contributed by atoms with E-state index >= 15 is 0 Å². The first kappa shape index (κ1) is 18.7. The second-order valence-electron chi connectivity index (χ2n) is 9.81. The van der Waals surface area contributed by atoms with Crippen LogP contribution in [0, 0.1) is 23.2 Å². The Morgan fingerprint density at radius 1 is 1.00 bits per heavy atom. The second-order valence-corrected chi connectivity index (χ2v) is 11.5. The molecule has 6 rings (SSSR count). The Morgan fingerprint density at radius 2 is 1.64 bits per heavy atom. The molecular weight excluding hydrogens is 416 g/mol. The van der Waals surface area contributed by atoms with Crippen LogP contribution >= 0.6 is 15.9 Å². The first-order valence-corrected chi connectivity index (χ1v) is 11.6. The van der Waals surface area contributed by atoms with E-state index in [0.29, 0.717) is 5.91 Å². The molecular formula is C23H29BrN2O2. The summed E-state index contributed by atoms with van der Waals surface area (Å²) in [6, 6.07) is 9.64. The summed E-state index contributed by atoms with van der Waals surface area (Å²) in [5.74, 6) is 1.92. The lowest BCUT2D eigenvalue weighted by molar-refractivity contribution is -0.157. The molecule has 150 valence electrons. The lowest BCUT2D eigenvalue weighted by atomic mass is 9.49. The third kappa shape index (κ3) is 3.30. The topological polar surface area (TPSA) is 49.4 Å². The lowest BCUT2D eigenvalue weighted by Gasteiger charge is -2.60. The largest absolute Gasteiger partial charge is 0.342 e. The number of nitrogens with zero attached hydrogens (tertiary/aromatic N) is 1. The predicted molar refractivity (Wildman–Crippen MR) is 113 cm³/mol. The maximum atomic E-state index is 13.6. The first-order valence-electron chi connectivity index (χ1n) is 10.8. The van der Waals surface area contributed by atoms with Crippen molar-refractivity contribution in [1.29, 1.82) is 0 Å². The van der Waals surface area contributed by atoms with Gasteiger partial charge in [-0.1, -0.05) is 34.1 Å². The molecule has 0 aromatic heterocycles. The predicted octanol–water partition coefficient (Wildman–Crippen LogP) is 4.60. The van der Waals surface area contributed by atoms with Crippen molar-refractivity contribution in [2.75, 3.05) is 18.4 Å². The van der Waals surface area contributed by atoms with Gasteiger partial charge in [-0.05, 0) is 75.3 Å². The van der Waals surface area contributed by atoms with Gasteiger partial charge in [0.2, 0.25) is 11.8 Å². The molecule has 0 radical (unpaired) electrons. The molecule has 2 amide bonds. The molecule has 4 bridgehead atoms. The van der Waals surface area contributed by atoms with E-state index in [1.807, 2.05) is 30.3 Å². The van der Waals surface area contributed by atoms with Gasteiger partial charge in [-0.2, -0.15) is 0 Å². The molecule has 1 aliphatic heterocycles. The molecule has 1 saturated heterocycles. The van der Waals surface area contributed by atoms with Crippen molar-refractivity contribution in [1.82, 2.24) is 4.90 Å². The average molecular weight is 445 g/mol. The van der Waals surface area contributed by atoms with E-state index < -0.39 is 0 Å². The van der Waals surface area contributed by atoms with Crippen molar-refractivity contribution in [3.05, 3.63) is 30.3 Å². The fourth-order valence-corrected chi connectivity index (χ4v) is 8.30. The van der Waals surface area contributed by atoms with Gasteiger partial charge in [0.15, 0.2) is 0 Å². The van der Waals surface area contributed by atoms with E-state index in [2.05, 4.69) is 26.1 Å². The highest BCUT2D eigenvalue weighted by molar-refractivity contribution is 9.10. The highest BCUT2D eigenvalue weighted by Crippen LogP contribution is 2.64. The van der Waals surface area contributed by atoms with Gasteiger partial charge in [0.05, 0.1) is 5.41 Å². The van der Waals surface area contributed by atoms with Crippen LogP contribution in [0.1, 0.15) is 51.4 Å². The Labute approximate surface area is 175 Å². The van der Waals surface area contributed by atoms with E-state index in [0.717, 1.165) is 62.7 Å². The van der Waals surface area contributed by atoms with Gasteiger partial charge >= 0.3 is 0 Å². The number of anilines is 1. The number of nitrogens with one attached hydrogen (secondary N) is 1. The number of hydrogen-bond acceptors (Lipinski definition) is 2. The Bertz CT molecular complexity index is 758. The van der Waals surface area contributed by atoms with E-state index in [9.17, 15) is 9.59 Å². The van der Waals surface area contributed by atoms with Crippen LogP contribution in [0.25, 0.3) is 0 Å². The summed E-state index contributed by atoms with van der Waals surface area (Å²) in [5.41, 5.74) is 0.717. The number of para-hydroxylation sites is 1. The van der Waals surface area contributed by atoms with Crippen molar-refractivity contribution >= 4 is 33.4 Å². The number of hydrogen-bond donors (Lipinski definition) is 1. The van der Waals surface area contributed by atoms with Crippen LogP contribution in [-0.2, 0) is 9.59 Å². The molecule has 0 spiro atoms. The van der Waals surface area contributed by atoms with Gasteiger partial charge in [0, 0.05) is 29.0 Å². The van der Waals surface area contributed by atoms with Gasteiger partial charge in [0.25, 0.3) is 0 Å². The Kier molecular flexibility index (Phi) is 4.57. The maximum Gasteiger partial charge on any atom is 0.228 e. The van der Waals surface area contributed by atoms with Crippen LogP contribution in [0.3, 0.4) is 0 Å². The van der Waals surface area contributed by atoms with Crippen LogP contribution in [0.5, 0.6) is 0 Å². The molecule has 5 aliphatic rings. The molecule has 0 unspecified atom stereocenters. The number of amides is 2. The highest BCUT2D eigenvalue weighted by Gasteiger charge is 2.60. The number of carbonyl (C=O) groups is 2. The average Bonchev–Trinajstić information content (AvgIpc) is 2.66. The smallest absolute Gasteiger partial charge is 0.228 e. The van der Waals surface area contributed by atoms with Crippen molar-refractivity contribution in [2.24, 2.45) is 23.2 Å². The molecule has 1 heterocycles. The molecule has 1 aromatic rings. The lowest BCUT2D eigenvalue weighted by Crippen LogP contribution is -2.59. The number of benzene rings is 1. The molecule has 4 nitrogen and oxygen atoms in total. The minimum absolute atomic E-state index is 0.00290. The zero-order valence-electron chi connectivity index (χ0n) is 16.3. The standard InChI is InChI=1S/C23H29BrN2O2/c24-23-13-16-10-17(14-23)12-22(11-16,15-23)21(28)26-8-6-18(7-9-26)20(27)25-19-4-2-1-3-5-19/h1-5,16-18H,6-15H2,(H,25,27)/t16-,17-,22?,23?/m1/s1. The van der Waals surface area contributed by atoms with Gasteiger partial charge < -0.3 is 10.2 Å². The van der Waals surface area contributed by atoms with Crippen LogP contribution in [0.15, 0.2) is 30.3 Å². The summed E-state index contributed by atoms with van der Waals surface area (Å²) in [6.07, 6.45) is 8.55. The third-order valence-corrected chi connectivity index (χ3v) is 8.57. The molecule has 5 fully saturated rings. The first-order chi connectivity index (χ1) is 13.4. The van der Waals surface area contributed by atoms with Crippen molar-refractivity contribution < 1.29 is 9.59 Å². The molecule has 4 aliphatic carbocycles. The number of alkyl halides is 1. The number of likely N-dealkylation sites (tertiary alicyclic amines) is 1. The molecule has 5 heteroatoms. The van der Waals surface area contributed by atoms with E-state index in [1.165, 1.54) is 19.3 Å². The molecule has 1 aromatic carbocycles. The maximum absolute atomic E-state index is 13.6. The third-order valence-electron chi connectivity index (χ3n) is 7.64. The van der Waals surface area contributed by atoms with E-state index in [4.69, 9.17) is 0 Å². The van der Waals surface area contributed by atoms with Gasteiger partial charge in [0.1, 0.15) is 0 Å². The number of halogens is 1. The SMILES string of the molecule is O=C(Nc1ccccc1)C1CCN(C(=O)C23C[C@H]4C[C@@H](CC(Br)(C4)C2)C3)CC1. The zero-order chi connectivity index (χ0) is 19.4. The van der Waals surface area contributed by atoms with Crippen LogP contribution in [0.2, 0.25) is 0 Å². The summed E-state index contributed by atoms with van der Waals surface area (Å²) in [5, 5.41) is 3.02. The van der Waals surface area contributed by atoms with Crippen LogP contribution < -0.4 is 5.32 Å². The second kappa shape index (κ2) is 6.86.